The number of benzene rings is 1. The third-order valence-electron chi connectivity index (χ3n) is 3.40. The topological polar surface area (TPSA) is 24.5 Å². The van der Waals surface area contributed by atoms with E-state index < -0.39 is 0 Å². The summed E-state index contributed by atoms with van der Waals surface area (Å²) in [6.45, 7) is 6.15. The van der Waals surface area contributed by atoms with Crippen molar-refractivity contribution >= 4 is 11.6 Å². The molecule has 0 atom stereocenters. The zero-order chi connectivity index (χ0) is 12.8. The minimum atomic E-state index is 0.636. The van der Waals surface area contributed by atoms with Crippen LogP contribution in [-0.2, 0) is 17.8 Å². The van der Waals surface area contributed by atoms with E-state index >= 15 is 0 Å². The van der Waals surface area contributed by atoms with Crippen LogP contribution in [0.4, 0.5) is 0 Å². The summed E-state index contributed by atoms with van der Waals surface area (Å²) in [5.41, 5.74) is 2.44. The average Bonchev–Trinajstić information content (AvgIpc) is 2.40. The van der Waals surface area contributed by atoms with Gasteiger partial charge in [0.1, 0.15) is 0 Å². The van der Waals surface area contributed by atoms with E-state index in [9.17, 15) is 0 Å². The lowest BCUT2D eigenvalue weighted by atomic mass is 10.0. The highest BCUT2D eigenvalue weighted by atomic mass is 35.5. The quantitative estimate of drug-likeness (QED) is 0.883. The van der Waals surface area contributed by atoms with E-state index in [1.165, 1.54) is 11.1 Å². The van der Waals surface area contributed by atoms with Gasteiger partial charge in [0.05, 0.1) is 6.61 Å². The highest BCUT2D eigenvalue weighted by Crippen LogP contribution is 2.21. The lowest BCUT2D eigenvalue weighted by molar-refractivity contribution is 0.183. The maximum Gasteiger partial charge on any atom is 0.0716 e. The number of ether oxygens (including phenoxy) is 1. The van der Waals surface area contributed by atoms with Crippen LogP contribution in [0.25, 0.3) is 0 Å². The number of methoxy groups -OCH3 is 1. The van der Waals surface area contributed by atoms with E-state index in [1.54, 1.807) is 7.11 Å². The predicted octanol–water partition coefficient (Wildman–Crippen LogP) is 1.93. The summed E-state index contributed by atoms with van der Waals surface area (Å²) in [5.74, 6) is 0. The largest absolute Gasteiger partial charge is 0.380 e. The van der Waals surface area contributed by atoms with Crippen LogP contribution in [-0.4, -0.2) is 44.7 Å². The maximum atomic E-state index is 6.30. The van der Waals surface area contributed by atoms with Gasteiger partial charge in [-0.2, -0.15) is 0 Å². The van der Waals surface area contributed by atoms with Gasteiger partial charge in [0, 0.05) is 44.9 Å². The van der Waals surface area contributed by atoms with Gasteiger partial charge in [0.2, 0.25) is 0 Å². The van der Waals surface area contributed by atoms with Crippen molar-refractivity contribution in [3.63, 3.8) is 0 Å². The molecule has 0 saturated carbocycles. The minimum absolute atomic E-state index is 0.636. The maximum absolute atomic E-state index is 6.30. The van der Waals surface area contributed by atoms with Crippen LogP contribution in [0.1, 0.15) is 11.1 Å². The Bertz CT molecular complexity index is 378. The monoisotopic (exact) mass is 268 g/mol. The molecule has 0 unspecified atom stereocenters. The second kappa shape index (κ2) is 7.10. The lowest BCUT2D eigenvalue weighted by Crippen LogP contribution is -2.44. The van der Waals surface area contributed by atoms with Crippen molar-refractivity contribution in [3.8, 4) is 0 Å². The number of halogens is 1. The van der Waals surface area contributed by atoms with Crippen LogP contribution in [0, 0.1) is 0 Å². The van der Waals surface area contributed by atoms with Crippen molar-refractivity contribution in [1.82, 2.24) is 10.2 Å². The second-order valence-corrected chi connectivity index (χ2v) is 5.06. The zero-order valence-corrected chi connectivity index (χ0v) is 11.7. The average molecular weight is 269 g/mol. The number of nitrogens with zero attached hydrogens (tertiary/aromatic N) is 1. The Kier molecular flexibility index (Phi) is 5.45. The van der Waals surface area contributed by atoms with Crippen molar-refractivity contribution in [3.05, 3.63) is 34.3 Å². The molecular weight excluding hydrogens is 248 g/mol. The molecule has 0 bridgehead atoms. The molecule has 0 aromatic heterocycles. The molecule has 1 fully saturated rings. The molecule has 1 heterocycles. The van der Waals surface area contributed by atoms with Gasteiger partial charge < -0.3 is 15.0 Å². The molecule has 0 radical (unpaired) electrons. The standard InChI is InChI=1S/C14H21ClN2O/c1-18-11-12-3-2-4-14(15)13(12)5-8-17-9-6-16-7-10-17/h2-4,16H,5-11H2,1H3. The smallest absolute Gasteiger partial charge is 0.0716 e. The Hall–Kier alpha value is -0.610. The highest BCUT2D eigenvalue weighted by molar-refractivity contribution is 6.31. The lowest BCUT2D eigenvalue weighted by Gasteiger charge is -2.27. The van der Waals surface area contributed by atoms with E-state index in [1.807, 2.05) is 12.1 Å². The number of rotatable bonds is 5. The van der Waals surface area contributed by atoms with Crippen LogP contribution in [0.3, 0.4) is 0 Å². The van der Waals surface area contributed by atoms with E-state index in [2.05, 4.69) is 16.3 Å². The SMILES string of the molecule is COCc1cccc(Cl)c1CCN1CCNCC1. The van der Waals surface area contributed by atoms with Gasteiger partial charge in [-0.1, -0.05) is 23.7 Å². The first kappa shape index (κ1) is 13.8. The molecule has 3 nitrogen and oxygen atoms in total. The summed E-state index contributed by atoms with van der Waals surface area (Å²) < 4.78 is 5.23. The molecule has 0 amide bonds. The van der Waals surface area contributed by atoms with Gasteiger partial charge >= 0.3 is 0 Å². The van der Waals surface area contributed by atoms with Crippen molar-refractivity contribution in [2.75, 3.05) is 39.8 Å². The first-order valence-electron chi connectivity index (χ1n) is 6.49. The third-order valence-corrected chi connectivity index (χ3v) is 3.76. The van der Waals surface area contributed by atoms with Crippen molar-refractivity contribution in [1.29, 1.82) is 0 Å². The molecule has 1 aliphatic heterocycles. The molecule has 100 valence electrons. The van der Waals surface area contributed by atoms with Crippen LogP contribution in [0.5, 0.6) is 0 Å². The van der Waals surface area contributed by atoms with Crippen molar-refractivity contribution in [2.24, 2.45) is 0 Å². The molecule has 1 N–H and O–H groups in total. The molecule has 1 aromatic rings. The second-order valence-electron chi connectivity index (χ2n) is 4.65. The van der Waals surface area contributed by atoms with E-state index in [0.717, 1.165) is 44.2 Å². The van der Waals surface area contributed by atoms with Crippen molar-refractivity contribution in [2.45, 2.75) is 13.0 Å². The van der Waals surface area contributed by atoms with Gasteiger partial charge in [0.15, 0.2) is 0 Å². The number of nitrogens with one attached hydrogen (secondary N) is 1. The van der Waals surface area contributed by atoms with Crippen molar-refractivity contribution < 1.29 is 4.74 Å². The van der Waals surface area contributed by atoms with E-state index in [0.29, 0.717) is 6.61 Å². The third kappa shape index (κ3) is 3.69. The summed E-state index contributed by atoms with van der Waals surface area (Å²) in [4.78, 5) is 2.48. The normalized spacial score (nSPS) is 17.0. The fraction of sp³-hybridized carbons (Fsp3) is 0.571. The first-order chi connectivity index (χ1) is 8.81. The molecule has 2 rings (SSSR count). The fourth-order valence-electron chi connectivity index (χ4n) is 2.38. The number of piperazine rings is 1. The Morgan fingerprint density at radius 1 is 1.33 bits per heavy atom. The summed E-state index contributed by atoms with van der Waals surface area (Å²) in [7, 11) is 1.72. The Morgan fingerprint density at radius 2 is 2.11 bits per heavy atom. The molecule has 18 heavy (non-hydrogen) atoms. The Morgan fingerprint density at radius 3 is 2.83 bits per heavy atom. The Balaban J connectivity index is 1.98. The summed E-state index contributed by atoms with van der Waals surface area (Å²) in [5, 5.41) is 4.23. The van der Waals surface area contributed by atoms with Gasteiger partial charge in [0.25, 0.3) is 0 Å². The molecule has 1 aliphatic rings. The summed E-state index contributed by atoms with van der Waals surface area (Å²) in [6, 6.07) is 6.06. The highest BCUT2D eigenvalue weighted by Gasteiger charge is 2.12. The molecule has 4 heteroatoms. The van der Waals surface area contributed by atoms with Crippen LogP contribution >= 0.6 is 11.6 Å². The van der Waals surface area contributed by atoms with Crippen LogP contribution in [0.15, 0.2) is 18.2 Å². The van der Waals surface area contributed by atoms with Crippen LogP contribution < -0.4 is 5.32 Å². The fourth-order valence-corrected chi connectivity index (χ4v) is 2.67. The summed E-state index contributed by atoms with van der Waals surface area (Å²) >= 11 is 6.30. The molecule has 1 aromatic carbocycles. The molecule has 1 saturated heterocycles. The Labute approximate surface area is 114 Å². The molecular formula is C14H21ClN2O. The van der Waals surface area contributed by atoms with Crippen LogP contribution in [0.2, 0.25) is 5.02 Å². The van der Waals surface area contributed by atoms with E-state index in [4.69, 9.17) is 16.3 Å². The summed E-state index contributed by atoms with van der Waals surface area (Å²) in [6.07, 6.45) is 0.998. The zero-order valence-electron chi connectivity index (χ0n) is 10.9. The predicted molar refractivity (Wildman–Crippen MR) is 75.2 cm³/mol. The van der Waals surface area contributed by atoms with Gasteiger partial charge in [-0.25, -0.2) is 0 Å². The first-order valence-corrected chi connectivity index (χ1v) is 6.87. The van der Waals surface area contributed by atoms with Gasteiger partial charge in [-0.15, -0.1) is 0 Å². The molecule has 0 aliphatic carbocycles. The van der Waals surface area contributed by atoms with E-state index in [-0.39, 0.29) is 0 Å². The van der Waals surface area contributed by atoms with Gasteiger partial charge in [-0.05, 0) is 23.6 Å². The minimum Gasteiger partial charge on any atom is -0.380 e. The number of hydrogen-bond donors (Lipinski definition) is 1. The molecule has 0 spiro atoms. The number of hydrogen-bond acceptors (Lipinski definition) is 3. The van der Waals surface area contributed by atoms with Gasteiger partial charge in [-0.3, -0.25) is 0 Å².